The van der Waals surface area contributed by atoms with Gasteiger partial charge in [0.15, 0.2) is 11.5 Å². The molecule has 20 heavy (non-hydrogen) atoms. The van der Waals surface area contributed by atoms with Gasteiger partial charge in [-0.1, -0.05) is 17.7 Å². The van der Waals surface area contributed by atoms with E-state index in [2.05, 4.69) is 6.58 Å². The van der Waals surface area contributed by atoms with Gasteiger partial charge in [-0.25, -0.2) is 0 Å². The van der Waals surface area contributed by atoms with Gasteiger partial charge in [0.2, 0.25) is 6.79 Å². The van der Waals surface area contributed by atoms with E-state index in [0.717, 1.165) is 4.90 Å². The van der Waals surface area contributed by atoms with Gasteiger partial charge in [0.25, 0.3) is 5.91 Å². The normalized spacial score (nSPS) is 12.1. The molecule has 0 saturated heterocycles. The first-order chi connectivity index (χ1) is 9.52. The van der Waals surface area contributed by atoms with Gasteiger partial charge in [0, 0.05) is 12.1 Å². The van der Waals surface area contributed by atoms with E-state index in [1.165, 1.54) is 18.2 Å². The number of amides is 1. The van der Waals surface area contributed by atoms with Crippen molar-refractivity contribution in [3.8, 4) is 11.5 Å². The summed E-state index contributed by atoms with van der Waals surface area (Å²) in [6, 6.07) is 2.91. The van der Waals surface area contributed by atoms with E-state index in [9.17, 15) is 9.59 Å². The van der Waals surface area contributed by atoms with Gasteiger partial charge in [-0.05, 0) is 12.1 Å². The van der Waals surface area contributed by atoms with Crippen LogP contribution in [0.15, 0.2) is 24.8 Å². The number of benzene rings is 1. The van der Waals surface area contributed by atoms with Gasteiger partial charge in [0.05, 0.1) is 5.02 Å². The average Bonchev–Trinajstić information content (AvgIpc) is 2.85. The summed E-state index contributed by atoms with van der Waals surface area (Å²) in [6.45, 7) is 3.24. The molecule has 1 aliphatic rings. The molecule has 2 rings (SSSR count). The van der Waals surface area contributed by atoms with Crippen LogP contribution in [0.2, 0.25) is 5.02 Å². The second-order valence-electron chi connectivity index (χ2n) is 4.06. The van der Waals surface area contributed by atoms with E-state index >= 15 is 0 Å². The van der Waals surface area contributed by atoms with Gasteiger partial charge < -0.3 is 19.5 Å². The molecule has 0 bridgehead atoms. The van der Waals surface area contributed by atoms with Crippen LogP contribution in [0.3, 0.4) is 0 Å². The lowest BCUT2D eigenvalue weighted by Gasteiger charge is -2.19. The number of halogens is 1. The number of ether oxygens (including phenoxy) is 2. The van der Waals surface area contributed by atoms with E-state index in [-0.39, 0.29) is 23.9 Å². The molecule has 1 aliphatic heterocycles. The minimum Gasteiger partial charge on any atom is -0.480 e. The zero-order valence-electron chi connectivity index (χ0n) is 10.5. The molecule has 1 amide bonds. The summed E-state index contributed by atoms with van der Waals surface area (Å²) >= 11 is 5.99. The van der Waals surface area contributed by atoms with Crippen molar-refractivity contribution < 1.29 is 24.2 Å². The number of carbonyl (C=O) groups is 2. The van der Waals surface area contributed by atoms with Crippen molar-refractivity contribution >= 4 is 23.5 Å². The highest BCUT2D eigenvalue weighted by atomic mass is 35.5. The van der Waals surface area contributed by atoms with Crippen molar-refractivity contribution in [3.05, 3.63) is 35.4 Å². The number of nitrogens with zero attached hydrogens (tertiary/aromatic N) is 1. The van der Waals surface area contributed by atoms with E-state index in [1.807, 2.05) is 0 Å². The largest absolute Gasteiger partial charge is 0.480 e. The maximum atomic E-state index is 12.3. The summed E-state index contributed by atoms with van der Waals surface area (Å²) in [5, 5.41) is 9.06. The van der Waals surface area contributed by atoms with Crippen LogP contribution in [0.25, 0.3) is 0 Å². The minimum atomic E-state index is -1.10. The molecule has 0 atom stereocenters. The Labute approximate surface area is 120 Å². The molecule has 0 aromatic heterocycles. The predicted octanol–water partition coefficient (Wildman–Crippen LogP) is 1.78. The molecular weight excluding hydrogens is 286 g/mol. The molecule has 0 spiro atoms. The van der Waals surface area contributed by atoms with E-state index < -0.39 is 18.4 Å². The Morgan fingerprint density at radius 2 is 2.20 bits per heavy atom. The number of fused-ring (bicyclic) bond motifs is 1. The third-order valence-corrected chi connectivity index (χ3v) is 2.92. The first-order valence-electron chi connectivity index (χ1n) is 5.74. The molecular formula is C13H12ClNO5. The summed E-state index contributed by atoms with van der Waals surface area (Å²) in [5.74, 6) is -0.814. The number of carboxylic acid groups (broad SMARTS) is 1. The Balaban J connectivity index is 2.29. The number of aliphatic carboxylic acids is 1. The summed E-state index contributed by atoms with van der Waals surface area (Å²) in [5.41, 5.74) is 0.238. The van der Waals surface area contributed by atoms with Crippen LogP contribution < -0.4 is 9.47 Å². The van der Waals surface area contributed by atoms with Crippen LogP contribution in [0.5, 0.6) is 11.5 Å². The molecule has 0 saturated carbocycles. The fraction of sp³-hybridized carbons (Fsp3) is 0.231. The molecule has 7 heteroatoms. The number of carbonyl (C=O) groups excluding carboxylic acids is 1. The Morgan fingerprint density at radius 1 is 1.45 bits per heavy atom. The third-order valence-electron chi connectivity index (χ3n) is 2.64. The second-order valence-corrected chi connectivity index (χ2v) is 4.47. The number of hydrogen-bond acceptors (Lipinski definition) is 4. The fourth-order valence-electron chi connectivity index (χ4n) is 1.81. The molecule has 0 radical (unpaired) electrons. The van der Waals surface area contributed by atoms with Crippen LogP contribution in [0.1, 0.15) is 10.4 Å². The molecule has 1 aromatic rings. The van der Waals surface area contributed by atoms with Crippen molar-refractivity contribution in [2.24, 2.45) is 0 Å². The van der Waals surface area contributed by atoms with E-state index in [0.29, 0.717) is 11.5 Å². The zero-order chi connectivity index (χ0) is 14.7. The maximum absolute atomic E-state index is 12.3. The first-order valence-corrected chi connectivity index (χ1v) is 6.12. The highest BCUT2D eigenvalue weighted by Gasteiger charge is 2.23. The number of carboxylic acids is 1. The number of hydrogen-bond donors (Lipinski definition) is 1. The van der Waals surface area contributed by atoms with Crippen LogP contribution >= 0.6 is 11.6 Å². The molecule has 1 N–H and O–H groups in total. The maximum Gasteiger partial charge on any atom is 0.323 e. The van der Waals surface area contributed by atoms with Crippen molar-refractivity contribution in [3.63, 3.8) is 0 Å². The van der Waals surface area contributed by atoms with Crippen LogP contribution in [0, 0.1) is 0 Å². The monoisotopic (exact) mass is 297 g/mol. The van der Waals surface area contributed by atoms with Crippen LogP contribution in [0.4, 0.5) is 0 Å². The lowest BCUT2D eigenvalue weighted by Crippen LogP contribution is -2.35. The Kier molecular flexibility index (Phi) is 4.14. The highest BCUT2D eigenvalue weighted by molar-refractivity contribution is 6.32. The number of rotatable bonds is 5. The molecule has 0 fully saturated rings. The zero-order valence-corrected chi connectivity index (χ0v) is 11.2. The standard InChI is InChI=1S/C13H12ClNO5/c1-2-3-15(6-11(16)17)13(18)8-4-9(14)12-10(5-8)19-7-20-12/h2,4-5H,1,3,6-7H2,(H,16,17). The molecule has 106 valence electrons. The molecule has 0 aliphatic carbocycles. The summed E-state index contributed by atoms with van der Waals surface area (Å²) < 4.78 is 10.3. The minimum absolute atomic E-state index is 0.0399. The van der Waals surface area contributed by atoms with Crippen molar-refractivity contribution in [1.29, 1.82) is 0 Å². The average molecular weight is 298 g/mol. The Hall–Kier alpha value is -2.21. The van der Waals surface area contributed by atoms with Gasteiger partial charge in [0.1, 0.15) is 6.54 Å². The highest BCUT2D eigenvalue weighted by Crippen LogP contribution is 2.39. The lowest BCUT2D eigenvalue weighted by molar-refractivity contribution is -0.137. The quantitative estimate of drug-likeness (QED) is 0.838. The van der Waals surface area contributed by atoms with Crippen molar-refractivity contribution in [1.82, 2.24) is 4.90 Å². The van der Waals surface area contributed by atoms with Gasteiger partial charge in [-0.2, -0.15) is 0 Å². The topological polar surface area (TPSA) is 76.1 Å². The van der Waals surface area contributed by atoms with Crippen molar-refractivity contribution in [2.45, 2.75) is 0 Å². The van der Waals surface area contributed by atoms with Crippen molar-refractivity contribution in [2.75, 3.05) is 19.9 Å². The molecule has 6 nitrogen and oxygen atoms in total. The Morgan fingerprint density at radius 3 is 2.85 bits per heavy atom. The van der Waals surface area contributed by atoms with Gasteiger partial charge in [-0.3, -0.25) is 9.59 Å². The second kappa shape index (κ2) is 5.83. The summed E-state index contributed by atoms with van der Waals surface area (Å²) in [7, 11) is 0. The third kappa shape index (κ3) is 2.85. The van der Waals surface area contributed by atoms with Gasteiger partial charge in [-0.15, -0.1) is 6.58 Å². The smallest absolute Gasteiger partial charge is 0.323 e. The predicted molar refractivity (Wildman–Crippen MR) is 71.3 cm³/mol. The fourth-order valence-corrected chi connectivity index (χ4v) is 2.08. The first kappa shape index (κ1) is 14.2. The summed E-state index contributed by atoms with van der Waals surface area (Å²) in [4.78, 5) is 24.2. The SMILES string of the molecule is C=CCN(CC(=O)O)C(=O)c1cc(Cl)c2c(c1)OCO2. The molecule has 1 heterocycles. The van der Waals surface area contributed by atoms with Gasteiger partial charge >= 0.3 is 5.97 Å². The molecule has 1 aromatic carbocycles. The summed E-state index contributed by atoms with van der Waals surface area (Å²) in [6.07, 6.45) is 1.45. The van der Waals surface area contributed by atoms with Crippen LogP contribution in [-0.4, -0.2) is 41.8 Å². The Bertz CT molecular complexity index is 572. The van der Waals surface area contributed by atoms with E-state index in [1.54, 1.807) is 0 Å². The van der Waals surface area contributed by atoms with Crippen LogP contribution in [-0.2, 0) is 4.79 Å². The van der Waals surface area contributed by atoms with E-state index in [4.69, 9.17) is 26.2 Å². The molecule has 0 unspecified atom stereocenters. The lowest BCUT2D eigenvalue weighted by atomic mass is 10.1.